The van der Waals surface area contributed by atoms with Crippen LogP contribution in [0.2, 0.25) is 0 Å². The van der Waals surface area contributed by atoms with E-state index in [4.69, 9.17) is 4.74 Å². The molecule has 1 N–H and O–H groups in total. The van der Waals surface area contributed by atoms with Gasteiger partial charge in [-0.2, -0.15) is 13.2 Å². The molecule has 0 unspecified atom stereocenters. The van der Waals surface area contributed by atoms with E-state index in [0.29, 0.717) is 31.7 Å². The number of aromatic nitrogens is 1. The number of aromatic amines is 1. The molecule has 1 aliphatic rings. The molecule has 1 aromatic heterocycles. The zero-order valence-corrected chi connectivity index (χ0v) is 20.4. The Kier molecular flexibility index (Phi) is 7.56. The number of hydrogen-bond acceptors (Lipinski definition) is 3. The topological polar surface area (TPSA) is 65.6 Å². The van der Waals surface area contributed by atoms with Crippen LogP contribution in [0.25, 0.3) is 10.9 Å². The van der Waals surface area contributed by atoms with Gasteiger partial charge in [0.15, 0.2) is 0 Å². The first-order valence-corrected chi connectivity index (χ1v) is 12.2. The summed E-state index contributed by atoms with van der Waals surface area (Å²) < 4.78 is 47.0. The molecule has 36 heavy (non-hydrogen) atoms. The molecule has 9 heteroatoms. The number of carbonyl (C=O) groups excluding carboxylic acids is 2. The monoisotopic (exact) mass is 501 g/mol. The third kappa shape index (κ3) is 5.20. The van der Waals surface area contributed by atoms with E-state index in [1.807, 2.05) is 25.1 Å². The molecular weight excluding hydrogens is 471 g/mol. The molecule has 0 aliphatic carbocycles. The number of rotatable bonds is 6. The summed E-state index contributed by atoms with van der Waals surface area (Å²) in [4.78, 5) is 31.8. The predicted octanol–water partition coefficient (Wildman–Crippen LogP) is 5.57. The number of aryl methyl sites for hydroxylation is 1. The lowest BCUT2D eigenvalue weighted by molar-refractivity contribution is -0.139. The van der Waals surface area contributed by atoms with Crippen LogP contribution in [0.4, 0.5) is 18.0 Å². The highest BCUT2D eigenvalue weighted by molar-refractivity contribution is 5.88. The van der Waals surface area contributed by atoms with Crippen molar-refractivity contribution in [2.45, 2.75) is 38.8 Å². The van der Waals surface area contributed by atoms with Crippen LogP contribution in [0.3, 0.4) is 0 Å². The van der Waals surface area contributed by atoms with Crippen LogP contribution >= 0.6 is 0 Å². The second-order valence-electron chi connectivity index (χ2n) is 8.85. The largest absolute Gasteiger partial charge is 0.450 e. The highest BCUT2D eigenvalue weighted by Crippen LogP contribution is 2.41. The second kappa shape index (κ2) is 10.6. The van der Waals surface area contributed by atoms with Gasteiger partial charge in [0.25, 0.3) is 0 Å². The number of alkyl halides is 3. The first-order chi connectivity index (χ1) is 17.2. The zero-order valence-electron chi connectivity index (χ0n) is 20.4. The van der Waals surface area contributed by atoms with E-state index in [1.54, 1.807) is 24.1 Å². The molecule has 1 aliphatic heterocycles. The minimum atomic E-state index is -4.55. The summed E-state index contributed by atoms with van der Waals surface area (Å²) in [5.74, 6) is -1.04. The first-order valence-electron chi connectivity index (χ1n) is 12.2. The fourth-order valence-electron chi connectivity index (χ4n) is 4.93. The molecule has 2 aromatic carbocycles. The Hall–Kier alpha value is -3.49. The summed E-state index contributed by atoms with van der Waals surface area (Å²) in [5.41, 5.74) is 1.93. The van der Waals surface area contributed by atoms with Gasteiger partial charge in [-0.3, -0.25) is 4.79 Å². The van der Waals surface area contributed by atoms with Crippen LogP contribution < -0.4 is 0 Å². The van der Waals surface area contributed by atoms with Crippen molar-refractivity contribution >= 4 is 22.9 Å². The fraction of sp³-hybridized carbons (Fsp3) is 0.407. The van der Waals surface area contributed by atoms with Crippen molar-refractivity contribution in [3.05, 3.63) is 70.9 Å². The predicted molar refractivity (Wildman–Crippen MR) is 131 cm³/mol. The summed E-state index contributed by atoms with van der Waals surface area (Å²) in [6.45, 7) is 5.26. The maximum atomic E-state index is 14.0. The third-order valence-corrected chi connectivity index (χ3v) is 6.77. The van der Waals surface area contributed by atoms with E-state index in [2.05, 4.69) is 4.98 Å². The molecule has 2 amide bonds. The average molecular weight is 502 g/mol. The highest BCUT2D eigenvalue weighted by atomic mass is 19.4. The Labute approximate surface area is 208 Å². The van der Waals surface area contributed by atoms with Crippen molar-refractivity contribution < 1.29 is 27.5 Å². The average Bonchev–Trinajstić information content (AvgIpc) is 3.31. The Balaban J connectivity index is 1.67. The zero-order chi connectivity index (χ0) is 25.9. The van der Waals surface area contributed by atoms with E-state index < -0.39 is 23.8 Å². The Morgan fingerprint density at radius 3 is 2.33 bits per heavy atom. The normalized spacial score (nSPS) is 15.2. The van der Waals surface area contributed by atoms with Crippen molar-refractivity contribution in [2.75, 3.05) is 32.8 Å². The number of nitrogens with zero attached hydrogens (tertiary/aromatic N) is 2. The Morgan fingerprint density at radius 2 is 1.67 bits per heavy atom. The lowest BCUT2D eigenvalue weighted by Gasteiger charge is -2.35. The van der Waals surface area contributed by atoms with Crippen LogP contribution in [0, 0.1) is 0 Å². The van der Waals surface area contributed by atoms with Gasteiger partial charge < -0.3 is 19.5 Å². The number of piperazine rings is 1. The van der Waals surface area contributed by atoms with Crippen molar-refractivity contribution in [1.29, 1.82) is 0 Å². The lowest BCUT2D eigenvalue weighted by atomic mass is 9.84. The molecule has 0 spiro atoms. The summed E-state index contributed by atoms with van der Waals surface area (Å²) >= 11 is 0. The van der Waals surface area contributed by atoms with Crippen molar-refractivity contribution in [3.63, 3.8) is 0 Å². The number of ether oxygens (including phenoxy) is 1. The van der Waals surface area contributed by atoms with E-state index in [-0.39, 0.29) is 24.5 Å². The lowest BCUT2D eigenvalue weighted by Crippen LogP contribution is -2.51. The molecule has 192 valence electrons. The SMILES string of the molecule is CCOC(=O)N1CCN(C(=O)C[C@@H](c2ccccc2C(F)(F)F)c2c[nH]c3c(CC)cccc23)CC1. The summed E-state index contributed by atoms with van der Waals surface area (Å²) in [6, 6.07) is 11.2. The molecular formula is C27H30F3N3O3. The number of hydrogen-bond donors (Lipinski definition) is 1. The van der Waals surface area contributed by atoms with Gasteiger partial charge >= 0.3 is 12.3 Å². The highest BCUT2D eigenvalue weighted by Gasteiger charge is 2.37. The Morgan fingerprint density at radius 1 is 0.972 bits per heavy atom. The van der Waals surface area contributed by atoms with E-state index >= 15 is 0 Å². The van der Waals surface area contributed by atoms with Crippen molar-refractivity contribution in [3.8, 4) is 0 Å². The standard InChI is InChI=1S/C27H30F3N3O3/c1-3-18-8-7-10-20-22(17-31-25(18)20)21(19-9-5-6-11-23(19)27(28,29)30)16-24(34)32-12-14-33(15-13-32)26(35)36-4-2/h5-11,17,21,31H,3-4,12-16H2,1-2H3/t21-/m0/s1. The number of fused-ring (bicyclic) bond motifs is 1. The molecule has 0 bridgehead atoms. The molecule has 6 nitrogen and oxygen atoms in total. The van der Waals surface area contributed by atoms with E-state index in [1.165, 1.54) is 17.0 Å². The molecule has 0 radical (unpaired) electrons. The maximum Gasteiger partial charge on any atom is 0.416 e. The quantitative estimate of drug-likeness (QED) is 0.480. The van der Waals surface area contributed by atoms with Gasteiger partial charge in [-0.05, 0) is 36.1 Å². The van der Waals surface area contributed by atoms with Gasteiger partial charge in [0.2, 0.25) is 5.91 Å². The van der Waals surface area contributed by atoms with Crippen LogP contribution in [-0.2, 0) is 22.1 Å². The number of nitrogens with one attached hydrogen (secondary N) is 1. The summed E-state index contributed by atoms with van der Waals surface area (Å²) in [5, 5.41) is 0.816. The number of para-hydroxylation sites is 1. The van der Waals surface area contributed by atoms with Gasteiger partial charge in [0, 0.05) is 55.6 Å². The van der Waals surface area contributed by atoms with Crippen molar-refractivity contribution in [2.24, 2.45) is 0 Å². The third-order valence-electron chi connectivity index (χ3n) is 6.77. The van der Waals surface area contributed by atoms with E-state index in [0.717, 1.165) is 29.0 Å². The fourth-order valence-corrected chi connectivity index (χ4v) is 4.93. The second-order valence-corrected chi connectivity index (χ2v) is 8.85. The van der Waals surface area contributed by atoms with Gasteiger partial charge in [-0.15, -0.1) is 0 Å². The minimum Gasteiger partial charge on any atom is -0.450 e. The molecule has 1 atom stereocenters. The molecule has 4 rings (SSSR count). The molecule has 1 saturated heterocycles. The van der Waals surface area contributed by atoms with Crippen molar-refractivity contribution in [1.82, 2.24) is 14.8 Å². The number of H-pyrrole nitrogens is 1. The summed E-state index contributed by atoms with van der Waals surface area (Å²) in [7, 11) is 0. The van der Waals surface area contributed by atoms with Crippen LogP contribution in [0.5, 0.6) is 0 Å². The summed E-state index contributed by atoms with van der Waals surface area (Å²) in [6.07, 6.45) is -2.59. The van der Waals surface area contributed by atoms with Gasteiger partial charge in [-0.1, -0.05) is 43.3 Å². The smallest absolute Gasteiger partial charge is 0.416 e. The van der Waals surface area contributed by atoms with Crippen LogP contribution in [-0.4, -0.2) is 59.6 Å². The van der Waals surface area contributed by atoms with Crippen LogP contribution in [0.1, 0.15) is 48.4 Å². The number of halogens is 3. The molecule has 3 aromatic rings. The number of amides is 2. The van der Waals surface area contributed by atoms with Gasteiger partial charge in [0.1, 0.15) is 0 Å². The molecule has 1 fully saturated rings. The van der Waals surface area contributed by atoms with Gasteiger partial charge in [0.05, 0.1) is 12.2 Å². The maximum absolute atomic E-state index is 14.0. The Bertz CT molecular complexity index is 1230. The molecule has 0 saturated carbocycles. The first kappa shape index (κ1) is 25.6. The number of carbonyl (C=O) groups is 2. The van der Waals surface area contributed by atoms with E-state index in [9.17, 15) is 22.8 Å². The minimum absolute atomic E-state index is 0.0753. The van der Waals surface area contributed by atoms with Gasteiger partial charge in [-0.25, -0.2) is 4.79 Å². The number of benzene rings is 2. The van der Waals surface area contributed by atoms with Crippen LogP contribution in [0.15, 0.2) is 48.7 Å². The molecule has 2 heterocycles.